The molecule has 0 spiro atoms. The summed E-state index contributed by atoms with van der Waals surface area (Å²) in [6.45, 7) is 5.63. The molecule has 0 fully saturated rings. The monoisotopic (exact) mass is 387 g/mol. The van der Waals surface area contributed by atoms with Crippen molar-refractivity contribution in [1.82, 2.24) is 4.90 Å². The summed E-state index contributed by atoms with van der Waals surface area (Å²) in [5.41, 5.74) is 6.39. The molecule has 0 aromatic heterocycles. The van der Waals surface area contributed by atoms with Gasteiger partial charge < -0.3 is 10.6 Å². The van der Waals surface area contributed by atoms with Crippen molar-refractivity contribution in [1.29, 1.82) is 0 Å². The van der Waals surface area contributed by atoms with Gasteiger partial charge in [-0.15, -0.1) is 24.0 Å². The highest BCUT2D eigenvalue weighted by Gasteiger charge is 2.07. The maximum atomic E-state index is 6.00. The molecule has 0 saturated carbocycles. The molecule has 2 N–H and O–H groups in total. The minimum atomic E-state index is 0. The largest absolute Gasteiger partial charge is 0.369 e. The van der Waals surface area contributed by atoms with Gasteiger partial charge in [0, 0.05) is 13.1 Å². The van der Waals surface area contributed by atoms with Gasteiger partial charge in [0.2, 0.25) is 0 Å². The first-order chi connectivity index (χ1) is 7.60. The lowest BCUT2D eigenvalue weighted by atomic mass is 10.3. The Balaban J connectivity index is 0.00000256. The van der Waals surface area contributed by atoms with Crippen molar-refractivity contribution in [3.05, 3.63) is 28.2 Å². The van der Waals surface area contributed by atoms with Crippen LogP contribution >= 0.6 is 47.2 Å². The predicted molar refractivity (Wildman–Crippen MR) is 86.1 cm³/mol. The Labute approximate surface area is 129 Å². The average molecular weight is 388 g/mol. The fourth-order valence-electron chi connectivity index (χ4n) is 1.33. The molecule has 0 atom stereocenters. The Bertz CT molecular complexity index is 372. The van der Waals surface area contributed by atoms with Crippen molar-refractivity contribution in [2.24, 2.45) is 10.7 Å². The summed E-state index contributed by atoms with van der Waals surface area (Å²) >= 11 is 12.0. The quantitative estimate of drug-likeness (QED) is 0.485. The molecule has 1 rings (SSSR count). The van der Waals surface area contributed by atoms with Crippen LogP contribution in [0.4, 0.5) is 5.69 Å². The molecular formula is C11H16Cl2IN3. The molecule has 0 bridgehead atoms. The van der Waals surface area contributed by atoms with E-state index in [1.807, 2.05) is 18.7 Å². The van der Waals surface area contributed by atoms with Crippen LogP contribution in [-0.4, -0.2) is 23.9 Å². The number of rotatable bonds is 3. The lowest BCUT2D eigenvalue weighted by molar-refractivity contribution is 0.460. The molecule has 0 aliphatic carbocycles. The highest BCUT2D eigenvalue weighted by molar-refractivity contribution is 14.0. The first-order valence-electron chi connectivity index (χ1n) is 5.13. The Morgan fingerprint density at radius 1 is 1.24 bits per heavy atom. The van der Waals surface area contributed by atoms with Gasteiger partial charge in [0.1, 0.15) is 5.69 Å². The minimum Gasteiger partial charge on any atom is -0.369 e. The van der Waals surface area contributed by atoms with Gasteiger partial charge in [-0.2, -0.15) is 0 Å². The lowest BCUT2D eigenvalue weighted by Gasteiger charge is -2.19. The van der Waals surface area contributed by atoms with Crippen molar-refractivity contribution >= 4 is 58.8 Å². The van der Waals surface area contributed by atoms with Crippen LogP contribution in [0.3, 0.4) is 0 Å². The highest BCUT2D eigenvalue weighted by Crippen LogP contribution is 2.32. The summed E-state index contributed by atoms with van der Waals surface area (Å²) in [6.07, 6.45) is 0. The van der Waals surface area contributed by atoms with E-state index >= 15 is 0 Å². The second-order valence-corrected chi connectivity index (χ2v) is 4.03. The smallest absolute Gasteiger partial charge is 0.196 e. The van der Waals surface area contributed by atoms with Crippen LogP contribution in [0.5, 0.6) is 0 Å². The molecule has 0 radical (unpaired) electrons. The third kappa shape index (κ3) is 4.52. The van der Waals surface area contributed by atoms with Gasteiger partial charge in [-0.05, 0) is 26.0 Å². The Kier molecular flexibility index (Phi) is 7.91. The van der Waals surface area contributed by atoms with Crippen LogP contribution in [0.15, 0.2) is 23.2 Å². The van der Waals surface area contributed by atoms with E-state index in [1.54, 1.807) is 18.2 Å². The zero-order chi connectivity index (χ0) is 12.1. The van der Waals surface area contributed by atoms with Crippen molar-refractivity contribution in [2.45, 2.75) is 13.8 Å². The van der Waals surface area contributed by atoms with Crippen LogP contribution in [0.2, 0.25) is 10.0 Å². The predicted octanol–water partition coefficient (Wildman–Crippen LogP) is 3.90. The van der Waals surface area contributed by atoms with E-state index in [1.165, 1.54) is 0 Å². The van der Waals surface area contributed by atoms with Crippen LogP contribution in [0, 0.1) is 0 Å². The van der Waals surface area contributed by atoms with Crippen LogP contribution in [0.25, 0.3) is 0 Å². The van der Waals surface area contributed by atoms with Gasteiger partial charge >= 0.3 is 0 Å². The number of halogens is 3. The van der Waals surface area contributed by atoms with Gasteiger partial charge in [-0.1, -0.05) is 29.3 Å². The summed E-state index contributed by atoms with van der Waals surface area (Å²) < 4.78 is 0. The molecule has 0 aliphatic rings. The second kappa shape index (κ2) is 8.00. The number of para-hydroxylation sites is 1. The third-order valence-corrected chi connectivity index (χ3v) is 2.86. The molecular weight excluding hydrogens is 372 g/mol. The summed E-state index contributed by atoms with van der Waals surface area (Å²) in [6, 6.07) is 5.25. The summed E-state index contributed by atoms with van der Waals surface area (Å²) in [5, 5.41) is 1.00. The number of guanidine groups is 1. The molecule has 17 heavy (non-hydrogen) atoms. The Hall–Kier alpha value is -0.200. The van der Waals surface area contributed by atoms with E-state index in [2.05, 4.69) is 4.99 Å². The Morgan fingerprint density at radius 2 is 1.71 bits per heavy atom. The van der Waals surface area contributed by atoms with Crippen molar-refractivity contribution in [3.63, 3.8) is 0 Å². The second-order valence-electron chi connectivity index (χ2n) is 3.21. The SMILES string of the molecule is CCN(CC)C(N)=Nc1c(Cl)cccc1Cl.I. The standard InChI is InChI=1S/C11H15Cl2N3.HI/c1-3-16(4-2)11(14)15-10-8(12)6-5-7-9(10)13;/h5-7H,3-4H2,1-2H3,(H2,14,15);1H. The first-order valence-corrected chi connectivity index (χ1v) is 5.88. The van der Waals surface area contributed by atoms with Gasteiger partial charge in [-0.25, -0.2) is 4.99 Å². The number of benzene rings is 1. The fourth-order valence-corrected chi connectivity index (χ4v) is 1.81. The third-order valence-electron chi connectivity index (χ3n) is 2.25. The number of aliphatic imine (C=N–C) groups is 1. The van der Waals surface area contributed by atoms with Crippen molar-refractivity contribution in [3.8, 4) is 0 Å². The van der Waals surface area contributed by atoms with Crippen molar-refractivity contribution < 1.29 is 0 Å². The van der Waals surface area contributed by atoms with E-state index in [-0.39, 0.29) is 24.0 Å². The van der Waals surface area contributed by atoms with Crippen LogP contribution in [0.1, 0.15) is 13.8 Å². The van der Waals surface area contributed by atoms with E-state index in [0.29, 0.717) is 21.7 Å². The number of hydrogen-bond acceptors (Lipinski definition) is 1. The molecule has 3 nitrogen and oxygen atoms in total. The molecule has 0 saturated heterocycles. The molecule has 6 heteroatoms. The van der Waals surface area contributed by atoms with Crippen LogP contribution in [-0.2, 0) is 0 Å². The summed E-state index contributed by atoms with van der Waals surface area (Å²) in [4.78, 5) is 6.19. The number of nitrogens with two attached hydrogens (primary N) is 1. The zero-order valence-electron chi connectivity index (χ0n) is 9.78. The average Bonchev–Trinajstić information content (AvgIpc) is 2.25. The molecule has 0 amide bonds. The molecule has 1 aromatic rings. The summed E-state index contributed by atoms with van der Waals surface area (Å²) in [5.74, 6) is 0.431. The van der Waals surface area contributed by atoms with Gasteiger partial charge in [0.15, 0.2) is 5.96 Å². The lowest BCUT2D eigenvalue weighted by Crippen LogP contribution is -2.36. The van der Waals surface area contributed by atoms with E-state index in [9.17, 15) is 0 Å². The normalized spacial score (nSPS) is 10.9. The molecule has 0 unspecified atom stereocenters. The highest BCUT2D eigenvalue weighted by atomic mass is 127. The maximum Gasteiger partial charge on any atom is 0.196 e. The van der Waals surface area contributed by atoms with E-state index < -0.39 is 0 Å². The maximum absolute atomic E-state index is 6.00. The topological polar surface area (TPSA) is 41.6 Å². The van der Waals surface area contributed by atoms with E-state index in [4.69, 9.17) is 28.9 Å². The molecule has 96 valence electrons. The number of hydrogen-bond donors (Lipinski definition) is 1. The number of nitrogens with zero attached hydrogens (tertiary/aromatic N) is 2. The minimum absolute atomic E-state index is 0. The van der Waals surface area contributed by atoms with Crippen LogP contribution < -0.4 is 5.73 Å². The summed E-state index contributed by atoms with van der Waals surface area (Å²) in [7, 11) is 0. The zero-order valence-corrected chi connectivity index (χ0v) is 13.6. The van der Waals surface area contributed by atoms with E-state index in [0.717, 1.165) is 13.1 Å². The molecule has 0 aliphatic heterocycles. The first kappa shape index (κ1) is 16.8. The molecule has 0 heterocycles. The fraction of sp³-hybridized carbons (Fsp3) is 0.364. The van der Waals surface area contributed by atoms with Gasteiger partial charge in [-0.3, -0.25) is 0 Å². The van der Waals surface area contributed by atoms with Crippen molar-refractivity contribution in [2.75, 3.05) is 13.1 Å². The van der Waals surface area contributed by atoms with Gasteiger partial charge in [0.05, 0.1) is 10.0 Å². The van der Waals surface area contributed by atoms with Gasteiger partial charge in [0.25, 0.3) is 0 Å². The Morgan fingerprint density at radius 3 is 2.12 bits per heavy atom. The molecule has 1 aromatic carbocycles.